The summed E-state index contributed by atoms with van der Waals surface area (Å²) >= 11 is 0. The maximum atomic E-state index is 12.0. The maximum Gasteiger partial charge on any atom is 0.264 e. The Morgan fingerprint density at radius 2 is 2.12 bits per heavy atom. The van der Waals surface area contributed by atoms with Crippen molar-refractivity contribution in [1.29, 1.82) is 0 Å². The molecule has 1 N–H and O–H groups in total. The van der Waals surface area contributed by atoms with Crippen LogP contribution < -0.4 is 4.72 Å². The Bertz CT molecular complexity index is 361. The first-order chi connectivity index (χ1) is 7.79. The molecule has 1 saturated heterocycles. The van der Waals surface area contributed by atoms with E-state index in [9.17, 15) is 13.2 Å². The number of hydrogen-bond acceptors (Lipinski definition) is 4. The molecule has 0 aromatic rings. The van der Waals surface area contributed by atoms with E-state index in [0.717, 1.165) is 12.7 Å². The van der Waals surface area contributed by atoms with Crippen LogP contribution in [-0.4, -0.2) is 44.8 Å². The van der Waals surface area contributed by atoms with Crippen LogP contribution in [0.15, 0.2) is 0 Å². The van der Waals surface area contributed by atoms with Gasteiger partial charge in [-0.25, -0.2) is 18.2 Å². The molecule has 0 radical (unpaired) electrons. The highest BCUT2D eigenvalue weighted by molar-refractivity contribution is 7.88. The summed E-state index contributed by atoms with van der Waals surface area (Å²) in [4.78, 5) is 17.2. The molecule has 17 heavy (non-hydrogen) atoms. The molecule has 0 aliphatic carbocycles. The number of nitrogens with zero attached hydrogens (tertiary/aromatic N) is 1. The number of hydrogen-bond donors (Lipinski definition) is 1. The average molecular weight is 264 g/mol. The molecule has 7 heteroatoms. The second kappa shape index (κ2) is 5.79. The van der Waals surface area contributed by atoms with Crippen LogP contribution >= 0.6 is 0 Å². The van der Waals surface area contributed by atoms with Gasteiger partial charge in [-0.1, -0.05) is 13.8 Å². The number of amides is 1. The molecule has 0 aromatic carbocycles. The molecule has 1 amide bonds. The van der Waals surface area contributed by atoms with Crippen molar-refractivity contribution in [2.75, 3.05) is 19.4 Å². The molecule has 1 aliphatic rings. The Morgan fingerprint density at radius 3 is 2.53 bits per heavy atom. The summed E-state index contributed by atoms with van der Waals surface area (Å²) in [6, 6.07) is -0.733. The molecular formula is C10H20N2O4S. The first-order valence-electron chi connectivity index (χ1n) is 5.71. The Balaban J connectivity index is 2.70. The van der Waals surface area contributed by atoms with Crippen LogP contribution in [0.25, 0.3) is 0 Å². The topological polar surface area (TPSA) is 75.7 Å². The first kappa shape index (κ1) is 14.4. The lowest BCUT2D eigenvalue weighted by Crippen LogP contribution is -2.47. The predicted octanol–water partition coefficient (Wildman–Crippen LogP) is 0.114. The van der Waals surface area contributed by atoms with E-state index in [1.165, 1.54) is 5.06 Å². The summed E-state index contributed by atoms with van der Waals surface area (Å²) in [5.41, 5.74) is 0. The highest BCUT2D eigenvalue weighted by atomic mass is 32.2. The van der Waals surface area contributed by atoms with Gasteiger partial charge in [0, 0.05) is 0 Å². The van der Waals surface area contributed by atoms with E-state index in [-0.39, 0.29) is 11.8 Å². The van der Waals surface area contributed by atoms with Crippen molar-refractivity contribution in [2.24, 2.45) is 5.92 Å². The largest absolute Gasteiger partial charge is 0.271 e. The van der Waals surface area contributed by atoms with Gasteiger partial charge in [-0.05, 0) is 18.8 Å². The Hall–Kier alpha value is -0.660. The van der Waals surface area contributed by atoms with Crippen LogP contribution in [0.3, 0.4) is 0 Å². The van der Waals surface area contributed by atoms with Crippen molar-refractivity contribution < 1.29 is 18.0 Å². The van der Waals surface area contributed by atoms with Crippen molar-refractivity contribution >= 4 is 15.9 Å². The molecule has 0 bridgehead atoms. The Labute approximate surface area is 102 Å². The number of carbonyl (C=O) groups excluding carboxylic acids is 1. The number of nitrogens with one attached hydrogen (secondary N) is 1. The molecule has 100 valence electrons. The number of rotatable bonds is 5. The number of carbonyl (C=O) groups is 1. The lowest BCUT2D eigenvalue weighted by atomic mass is 10.0. The summed E-state index contributed by atoms with van der Waals surface area (Å²) in [5.74, 6) is -0.0811. The van der Waals surface area contributed by atoms with E-state index < -0.39 is 16.1 Å². The highest BCUT2D eigenvalue weighted by Gasteiger charge is 2.30. The second-order valence-corrected chi connectivity index (χ2v) is 6.48. The fourth-order valence-electron chi connectivity index (χ4n) is 1.72. The molecule has 1 unspecified atom stereocenters. The van der Waals surface area contributed by atoms with Gasteiger partial charge >= 0.3 is 0 Å². The maximum absolute atomic E-state index is 12.0. The normalized spacial score (nSPS) is 18.7. The van der Waals surface area contributed by atoms with Gasteiger partial charge in [0.25, 0.3) is 5.91 Å². The van der Waals surface area contributed by atoms with Crippen molar-refractivity contribution in [3.63, 3.8) is 0 Å². The van der Waals surface area contributed by atoms with Gasteiger partial charge in [0.05, 0.1) is 19.4 Å². The zero-order valence-corrected chi connectivity index (χ0v) is 11.3. The van der Waals surface area contributed by atoms with Crippen molar-refractivity contribution in [1.82, 2.24) is 9.79 Å². The molecule has 1 fully saturated rings. The minimum atomic E-state index is -3.40. The fourth-order valence-corrected chi connectivity index (χ4v) is 2.44. The molecule has 1 atom stereocenters. The monoisotopic (exact) mass is 264 g/mol. The third-order valence-electron chi connectivity index (χ3n) is 2.36. The molecular weight excluding hydrogens is 244 g/mol. The van der Waals surface area contributed by atoms with E-state index in [1.807, 2.05) is 13.8 Å². The quantitative estimate of drug-likeness (QED) is 0.765. The van der Waals surface area contributed by atoms with E-state index in [2.05, 4.69) is 4.72 Å². The van der Waals surface area contributed by atoms with Crippen molar-refractivity contribution in [3.8, 4) is 0 Å². The van der Waals surface area contributed by atoms with Crippen LogP contribution in [0.4, 0.5) is 0 Å². The van der Waals surface area contributed by atoms with Crippen LogP contribution in [0.1, 0.15) is 26.7 Å². The number of sulfonamides is 1. The molecule has 0 aromatic heterocycles. The van der Waals surface area contributed by atoms with Crippen molar-refractivity contribution in [2.45, 2.75) is 32.7 Å². The Morgan fingerprint density at radius 1 is 1.47 bits per heavy atom. The van der Waals surface area contributed by atoms with E-state index >= 15 is 0 Å². The van der Waals surface area contributed by atoms with Gasteiger partial charge in [0.15, 0.2) is 0 Å². The second-order valence-electron chi connectivity index (χ2n) is 4.70. The molecule has 6 nitrogen and oxygen atoms in total. The summed E-state index contributed by atoms with van der Waals surface area (Å²) in [6.07, 6.45) is 2.31. The predicted molar refractivity (Wildman–Crippen MR) is 63.5 cm³/mol. The van der Waals surface area contributed by atoms with Gasteiger partial charge in [-0.3, -0.25) is 9.63 Å². The SMILES string of the molecule is CC(C)CC(NS(C)(=O)=O)C(=O)N1CCCO1. The van der Waals surface area contributed by atoms with E-state index in [4.69, 9.17) is 4.84 Å². The highest BCUT2D eigenvalue weighted by Crippen LogP contribution is 2.12. The standard InChI is InChI=1S/C10H20N2O4S/c1-8(2)7-9(11-17(3,14)15)10(13)12-5-4-6-16-12/h8-9,11H,4-7H2,1-3H3. The smallest absolute Gasteiger partial charge is 0.264 e. The molecule has 1 rings (SSSR count). The third-order valence-corrected chi connectivity index (χ3v) is 3.07. The van der Waals surface area contributed by atoms with E-state index in [1.54, 1.807) is 0 Å². The summed E-state index contributed by atoms with van der Waals surface area (Å²) < 4.78 is 24.8. The van der Waals surface area contributed by atoms with Crippen LogP contribution in [0.5, 0.6) is 0 Å². The van der Waals surface area contributed by atoms with Crippen LogP contribution in [-0.2, 0) is 19.7 Å². The minimum Gasteiger partial charge on any atom is -0.271 e. The fraction of sp³-hybridized carbons (Fsp3) is 0.900. The zero-order chi connectivity index (χ0) is 13.1. The van der Waals surface area contributed by atoms with Crippen molar-refractivity contribution in [3.05, 3.63) is 0 Å². The minimum absolute atomic E-state index is 0.223. The summed E-state index contributed by atoms with van der Waals surface area (Å²) in [7, 11) is -3.40. The van der Waals surface area contributed by atoms with Gasteiger partial charge in [-0.2, -0.15) is 0 Å². The average Bonchev–Trinajstić information content (AvgIpc) is 2.65. The zero-order valence-electron chi connectivity index (χ0n) is 10.5. The first-order valence-corrected chi connectivity index (χ1v) is 7.60. The van der Waals surface area contributed by atoms with Crippen LogP contribution in [0, 0.1) is 5.92 Å². The number of hydroxylamine groups is 2. The summed E-state index contributed by atoms with van der Waals surface area (Å²) in [5, 5.41) is 1.26. The molecule has 1 heterocycles. The Kier molecular flexibility index (Phi) is 4.91. The molecule has 1 aliphatic heterocycles. The van der Waals surface area contributed by atoms with Crippen LogP contribution in [0.2, 0.25) is 0 Å². The van der Waals surface area contributed by atoms with Gasteiger partial charge in [0.1, 0.15) is 6.04 Å². The van der Waals surface area contributed by atoms with Gasteiger partial charge in [0.2, 0.25) is 10.0 Å². The lowest BCUT2D eigenvalue weighted by molar-refractivity contribution is -0.171. The van der Waals surface area contributed by atoms with E-state index in [0.29, 0.717) is 19.6 Å². The van der Waals surface area contributed by atoms with Gasteiger partial charge < -0.3 is 0 Å². The van der Waals surface area contributed by atoms with Gasteiger partial charge in [-0.15, -0.1) is 0 Å². The third kappa shape index (κ3) is 5.01. The molecule has 0 saturated carbocycles. The molecule has 0 spiro atoms. The summed E-state index contributed by atoms with van der Waals surface area (Å²) in [6.45, 7) is 4.92. The lowest BCUT2D eigenvalue weighted by Gasteiger charge is -2.23.